The highest BCUT2D eigenvalue weighted by molar-refractivity contribution is 5.92. The highest BCUT2D eigenvalue weighted by Gasteiger charge is 2.52. The molecular formula is C26H26F3N3O4. The van der Waals surface area contributed by atoms with Crippen LogP contribution in [0, 0.1) is 0 Å². The van der Waals surface area contributed by atoms with Gasteiger partial charge in [0.1, 0.15) is 6.54 Å². The van der Waals surface area contributed by atoms with Crippen LogP contribution in [0.15, 0.2) is 60.7 Å². The Morgan fingerprint density at radius 2 is 1.78 bits per heavy atom. The van der Waals surface area contributed by atoms with E-state index in [1.807, 2.05) is 30.3 Å². The van der Waals surface area contributed by atoms with Gasteiger partial charge in [0.25, 0.3) is 0 Å². The smallest absolute Gasteiger partial charge is 0.416 e. The number of carbonyl (C=O) groups excluding carboxylic acids is 2. The van der Waals surface area contributed by atoms with Gasteiger partial charge in [0, 0.05) is 32.0 Å². The fourth-order valence-corrected chi connectivity index (χ4v) is 4.82. The highest BCUT2D eigenvalue weighted by atomic mass is 19.4. The molecule has 2 saturated heterocycles. The minimum Gasteiger partial charge on any atom is -0.480 e. The number of nitrogens with one attached hydrogen (secondary N) is 1. The third kappa shape index (κ3) is 5.59. The van der Waals surface area contributed by atoms with Crippen molar-refractivity contribution in [2.24, 2.45) is 0 Å². The van der Waals surface area contributed by atoms with Gasteiger partial charge >= 0.3 is 12.1 Å². The number of nitrogens with zero attached hydrogens (tertiary/aromatic N) is 2. The highest BCUT2D eigenvalue weighted by Crippen LogP contribution is 2.33. The normalized spacial score (nSPS) is 19.9. The summed E-state index contributed by atoms with van der Waals surface area (Å²) in [5.41, 5.74) is -0.470. The number of benzene rings is 2. The van der Waals surface area contributed by atoms with E-state index in [-0.39, 0.29) is 30.5 Å². The Morgan fingerprint density at radius 3 is 2.42 bits per heavy atom. The molecule has 0 saturated carbocycles. The molecule has 1 unspecified atom stereocenters. The van der Waals surface area contributed by atoms with Gasteiger partial charge in [-0.2, -0.15) is 13.2 Å². The largest absolute Gasteiger partial charge is 0.480 e. The van der Waals surface area contributed by atoms with Crippen molar-refractivity contribution in [2.75, 3.05) is 19.6 Å². The van der Waals surface area contributed by atoms with E-state index in [1.54, 1.807) is 4.90 Å². The van der Waals surface area contributed by atoms with E-state index in [0.29, 0.717) is 19.3 Å². The van der Waals surface area contributed by atoms with Crippen LogP contribution >= 0.6 is 0 Å². The summed E-state index contributed by atoms with van der Waals surface area (Å²) < 4.78 is 38.8. The first kappa shape index (κ1) is 25.4. The van der Waals surface area contributed by atoms with Gasteiger partial charge in [0.05, 0.1) is 17.3 Å². The number of alkyl halides is 3. The van der Waals surface area contributed by atoms with Crippen molar-refractivity contribution < 1.29 is 32.7 Å². The Kier molecular flexibility index (Phi) is 7.16. The molecule has 0 radical (unpaired) electrons. The summed E-state index contributed by atoms with van der Waals surface area (Å²) in [5.74, 6) is -1.77. The number of likely N-dealkylation sites (tertiary alicyclic amines) is 1. The standard InChI is InChI=1S/C26H26F3N3O4/c27-26(28,29)20-8-4-7-19(15-20)9-10-22(33)31-13-11-25(12-14-31)30-21(16-18-5-2-1-3-6-18)24(36)32(25)17-23(34)35/h1-10,15,21,30H,11-14,16-17H2,(H,34,35). The van der Waals surface area contributed by atoms with Crippen molar-refractivity contribution in [3.63, 3.8) is 0 Å². The molecule has 2 aliphatic heterocycles. The second kappa shape index (κ2) is 10.1. The lowest BCUT2D eigenvalue weighted by Gasteiger charge is -2.44. The number of hydrogen-bond acceptors (Lipinski definition) is 4. The van der Waals surface area contributed by atoms with Crippen LogP contribution in [0.4, 0.5) is 13.2 Å². The predicted octanol–water partition coefficient (Wildman–Crippen LogP) is 3.17. The Hall–Kier alpha value is -3.66. The molecule has 2 amide bonds. The first-order chi connectivity index (χ1) is 17.1. The predicted molar refractivity (Wildman–Crippen MR) is 125 cm³/mol. The number of carbonyl (C=O) groups is 3. The van der Waals surface area contributed by atoms with Crippen molar-refractivity contribution in [2.45, 2.75) is 37.1 Å². The monoisotopic (exact) mass is 501 g/mol. The number of carboxylic acid groups (broad SMARTS) is 1. The van der Waals surface area contributed by atoms with E-state index in [0.717, 1.165) is 17.7 Å². The SMILES string of the molecule is O=C(O)CN1C(=O)C(Cc2ccccc2)NC12CCN(C(=O)C=Cc1cccc(C(F)(F)F)c1)CC2. The van der Waals surface area contributed by atoms with Crippen LogP contribution in [0.25, 0.3) is 6.08 Å². The molecule has 1 spiro atoms. The van der Waals surface area contributed by atoms with Crippen LogP contribution in [0.5, 0.6) is 0 Å². The topological polar surface area (TPSA) is 89.9 Å². The fourth-order valence-electron chi connectivity index (χ4n) is 4.82. The Labute approximate surface area is 206 Å². The molecule has 2 heterocycles. The first-order valence-electron chi connectivity index (χ1n) is 11.6. The van der Waals surface area contributed by atoms with E-state index in [2.05, 4.69) is 5.32 Å². The molecule has 7 nitrogen and oxygen atoms in total. The number of halogens is 3. The fraction of sp³-hybridized carbons (Fsp3) is 0.346. The van der Waals surface area contributed by atoms with Crippen LogP contribution < -0.4 is 5.32 Å². The van der Waals surface area contributed by atoms with Crippen molar-refractivity contribution in [3.05, 3.63) is 77.4 Å². The van der Waals surface area contributed by atoms with Crippen molar-refractivity contribution in [1.29, 1.82) is 0 Å². The number of rotatable bonds is 6. The molecule has 0 aliphatic carbocycles. The average Bonchev–Trinajstić information content (AvgIpc) is 3.08. The Balaban J connectivity index is 1.43. The minimum atomic E-state index is -4.47. The van der Waals surface area contributed by atoms with Gasteiger partial charge in [-0.15, -0.1) is 0 Å². The first-order valence-corrected chi connectivity index (χ1v) is 11.6. The van der Waals surface area contributed by atoms with E-state index < -0.39 is 36.0 Å². The molecule has 0 aromatic heterocycles. The summed E-state index contributed by atoms with van der Waals surface area (Å²) in [5, 5.41) is 12.8. The maximum atomic E-state index is 13.1. The van der Waals surface area contributed by atoms with Crippen LogP contribution in [0.3, 0.4) is 0 Å². The molecule has 2 aromatic rings. The summed E-state index contributed by atoms with van der Waals surface area (Å²) in [6, 6.07) is 13.5. The summed E-state index contributed by atoms with van der Waals surface area (Å²) >= 11 is 0. The summed E-state index contributed by atoms with van der Waals surface area (Å²) in [6.07, 6.45) is -0.818. The number of hydrogen-bond donors (Lipinski definition) is 2. The van der Waals surface area contributed by atoms with Gasteiger partial charge < -0.3 is 14.9 Å². The van der Waals surface area contributed by atoms with Gasteiger partial charge in [-0.25, -0.2) is 0 Å². The lowest BCUT2D eigenvalue weighted by Crippen LogP contribution is -2.60. The number of piperidine rings is 1. The minimum absolute atomic E-state index is 0.256. The lowest BCUT2D eigenvalue weighted by atomic mass is 9.95. The van der Waals surface area contributed by atoms with Gasteiger partial charge in [0.2, 0.25) is 11.8 Å². The van der Waals surface area contributed by atoms with Crippen molar-refractivity contribution >= 4 is 23.9 Å². The van der Waals surface area contributed by atoms with Crippen LogP contribution in [-0.2, 0) is 27.0 Å². The Morgan fingerprint density at radius 1 is 1.08 bits per heavy atom. The molecule has 2 N–H and O–H groups in total. The molecule has 4 rings (SSSR count). The van der Waals surface area contributed by atoms with Gasteiger partial charge in [-0.3, -0.25) is 19.7 Å². The second-order valence-electron chi connectivity index (χ2n) is 9.02. The number of aliphatic carboxylic acids is 1. The summed E-state index contributed by atoms with van der Waals surface area (Å²) in [6.45, 7) is 0.0843. The second-order valence-corrected chi connectivity index (χ2v) is 9.02. The molecule has 2 aliphatic rings. The molecule has 1 atom stereocenters. The molecule has 190 valence electrons. The quantitative estimate of drug-likeness (QED) is 0.594. The van der Waals surface area contributed by atoms with E-state index in [1.165, 1.54) is 29.2 Å². The molecule has 2 fully saturated rings. The van der Waals surface area contributed by atoms with E-state index in [4.69, 9.17) is 0 Å². The molecule has 10 heteroatoms. The number of carboxylic acids is 1. The van der Waals surface area contributed by atoms with Gasteiger partial charge in [0.15, 0.2) is 0 Å². The van der Waals surface area contributed by atoms with E-state index in [9.17, 15) is 32.7 Å². The zero-order chi connectivity index (χ0) is 25.9. The number of amides is 2. The molecule has 0 bridgehead atoms. The molecular weight excluding hydrogens is 475 g/mol. The molecule has 36 heavy (non-hydrogen) atoms. The lowest BCUT2D eigenvalue weighted by molar-refractivity contribution is -0.148. The maximum Gasteiger partial charge on any atom is 0.416 e. The van der Waals surface area contributed by atoms with Crippen molar-refractivity contribution in [3.8, 4) is 0 Å². The third-order valence-corrected chi connectivity index (χ3v) is 6.63. The zero-order valence-electron chi connectivity index (χ0n) is 19.4. The van der Waals surface area contributed by atoms with Crippen molar-refractivity contribution in [1.82, 2.24) is 15.1 Å². The summed E-state index contributed by atoms with van der Waals surface area (Å²) in [7, 11) is 0. The van der Waals surface area contributed by atoms with Crippen LogP contribution in [-0.4, -0.2) is 64.0 Å². The third-order valence-electron chi connectivity index (χ3n) is 6.63. The molecule has 2 aromatic carbocycles. The maximum absolute atomic E-state index is 13.1. The van der Waals surface area contributed by atoms with Crippen LogP contribution in [0.1, 0.15) is 29.5 Å². The summed E-state index contributed by atoms with van der Waals surface area (Å²) in [4.78, 5) is 40.2. The average molecular weight is 502 g/mol. The van der Waals surface area contributed by atoms with Gasteiger partial charge in [-0.1, -0.05) is 42.5 Å². The van der Waals surface area contributed by atoms with E-state index >= 15 is 0 Å². The zero-order valence-corrected chi connectivity index (χ0v) is 19.4. The van der Waals surface area contributed by atoms with Crippen LogP contribution in [0.2, 0.25) is 0 Å². The Bertz CT molecular complexity index is 1160. The van der Waals surface area contributed by atoms with Gasteiger partial charge in [-0.05, 0) is 35.8 Å².